The van der Waals surface area contributed by atoms with E-state index in [0.717, 1.165) is 24.0 Å². The molecule has 2 N–H and O–H groups in total. The third kappa shape index (κ3) is 1.92. The van der Waals surface area contributed by atoms with Gasteiger partial charge in [0, 0.05) is 11.0 Å². The fourth-order valence-corrected chi connectivity index (χ4v) is 4.54. The average Bonchev–Trinajstić information content (AvgIpc) is 2.44. The lowest BCUT2D eigenvalue weighted by molar-refractivity contribution is -0.114. The van der Waals surface area contributed by atoms with E-state index in [2.05, 4.69) is 20.4 Å². The Hall–Kier alpha value is -1.19. The van der Waals surface area contributed by atoms with Gasteiger partial charge in [-0.05, 0) is 54.7 Å². The van der Waals surface area contributed by atoms with Gasteiger partial charge in [-0.2, -0.15) is 0 Å². The first-order valence-corrected chi connectivity index (χ1v) is 8.20. The molecule has 0 radical (unpaired) electrons. The van der Waals surface area contributed by atoms with E-state index in [1.165, 1.54) is 0 Å². The van der Waals surface area contributed by atoms with Crippen molar-refractivity contribution in [1.82, 2.24) is 0 Å². The summed E-state index contributed by atoms with van der Waals surface area (Å²) < 4.78 is 0. The normalized spacial score (nSPS) is 40.7. The molecule has 0 aromatic rings. The van der Waals surface area contributed by atoms with Gasteiger partial charge in [-0.3, -0.25) is 4.79 Å². The lowest BCUT2D eigenvalue weighted by Gasteiger charge is -2.51. The highest BCUT2D eigenvalue weighted by Crippen LogP contribution is 2.55. The largest absolute Gasteiger partial charge is 0.387 e. The molecule has 0 saturated heterocycles. The second kappa shape index (κ2) is 4.65. The fraction of sp³-hybridized carbons (Fsp3) is 0.632. The summed E-state index contributed by atoms with van der Waals surface area (Å²) in [5, 5.41) is 22.1. The van der Waals surface area contributed by atoms with Crippen molar-refractivity contribution in [2.75, 3.05) is 0 Å². The van der Waals surface area contributed by atoms with Crippen molar-refractivity contribution in [2.24, 2.45) is 10.8 Å². The molecule has 0 amide bonds. The minimum Gasteiger partial charge on any atom is -0.387 e. The maximum Gasteiger partial charge on any atom is 0.184 e. The number of aliphatic hydroxyl groups excluding tert-OH is 1. The SMILES string of the molecule is C=C[C@@]1(C)CCC2=C(C(=O)C=C3C(C)(C)CCC[C@]32O)[C@@H]1O. The molecule has 1 saturated carbocycles. The number of aliphatic hydroxyl groups is 2. The predicted octanol–water partition coefficient (Wildman–Crippen LogP) is 3.08. The van der Waals surface area contributed by atoms with E-state index in [1.54, 1.807) is 12.2 Å². The summed E-state index contributed by atoms with van der Waals surface area (Å²) in [5.74, 6) is -0.134. The van der Waals surface area contributed by atoms with Gasteiger partial charge in [-0.25, -0.2) is 0 Å². The van der Waals surface area contributed by atoms with Gasteiger partial charge >= 0.3 is 0 Å². The first kappa shape index (κ1) is 15.7. The predicted molar refractivity (Wildman–Crippen MR) is 86.2 cm³/mol. The van der Waals surface area contributed by atoms with Crippen LogP contribution in [-0.2, 0) is 4.79 Å². The van der Waals surface area contributed by atoms with Gasteiger partial charge in [-0.15, -0.1) is 6.58 Å². The van der Waals surface area contributed by atoms with Crippen LogP contribution in [0, 0.1) is 10.8 Å². The summed E-state index contributed by atoms with van der Waals surface area (Å²) in [7, 11) is 0. The molecule has 3 aliphatic carbocycles. The van der Waals surface area contributed by atoms with Crippen LogP contribution in [-0.4, -0.2) is 27.7 Å². The van der Waals surface area contributed by atoms with Gasteiger partial charge in [-0.1, -0.05) is 26.8 Å². The maximum atomic E-state index is 12.7. The second-order valence-corrected chi connectivity index (χ2v) is 8.02. The molecule has 3 nitrogen and oxygen atoms in total. The summed E-state index contributed by atoms with van der Waals surface area (Å²) in [5.41, 5.74) is 0.289. The molecule has 3 atom stereocenters. The molecule has 3 aliphatic rings. The molecule has 0 spiro atoms. The minimum absolute atomic E-state index is 0.134. The summed E-state index contributed by atoms with van der Waals surface area (Å²) in [6.45, 7) is 9.93. The molecular weight excluding hydrogens is 276 g/mol. The number of ketones is 1. The lowest BCUT2D eigenvalue weighted by Crippen LogP contribution is -2.51. The quantitative estimate of drug-likeness (QED) is 0.732. The number of fused-ring (bicyclic) bond motifs is 2. The highest BCUT2D eigenvalue weighted by atomic mass is 16.3. The van der Waals surface area contributed by atoms with E-state index in [9.17, 15) is 15.0 Å². The van der Waals surface area contributed by atoms with Crippen LogP contribution in [0.2, 0.25) is 0 Å². The third-order valence-corrected chi connectivity index (χ3v) is 6.16. The second-order valence-electron chi connectivity index (χ2n) is 8.02. The Kier molecular flexibility index (Phi) is 3.32. The zero-order valence-corrected chi connectivity index (χ0v) is 13.8. The summed E-state index contributed by atoms with van der Waals surface area (Å²) in [6.07, 6.45) is 6.35. The van der Waals surface area contributed by atoms with Crippen molar-refractivity contribution in [1.29, 1.82) is 0 Å². The smallest absolute Gasteiger partial charge is 0.184 e. The number of carbonyl (C=O) groups excluding carboxylic acids is 1. The van der Waals surface area contributed by atoms with Gasteiger partial charge < -0.3 is 10.2 Å². The van der Waals surface area contributed by atoms with Crippen LogP contribution in [0.1, 0.15) is 52.9 Å². The van der Waals surface area contributed by atoms with E-state index >= 15 is 0 Å². The molecule has 120 valence electrons. The Balaban J connectivity index is 2.16. The van der Waals surface area contributed by atoms with E-state index in [0.29, 0.717) is 24.8 Å². The maximum absolute atomic E-state index is 12.7. The van der Waals surface area contributed by atoms with Gasteiger partial charge in [0.15, 0.2) is 5.78 Å². The van der Waals surface area contributed by atoms with Crippen molar-refractivity contribution in [2.45, 2.75) is 64.6 Å². The Morgan fingerprint density at radius 1 is 1.27 bits per heavy atom. The summed E-state index contributed by atoms with van der Waals surface area (Å²) in [6, 6.07) is 0. The minimum atomic E-state index is -1.05. The summed E-state index contributed by atoms with van der Waals surface area (Å²) >= 11 is 0. The highest BCUT2D eigenvalue weighted by molar-refractivity contribution is 6.08. The van der Waals surface area contributed by atoms with Crippen molar-refractivity contribution >= 4 is 5.78 Å². The molecule has 0 heterocycles. The van der Waals surface area contributed by atoms with E-state index < -0.39 is 17.1 Å². The average molecular weight is 302 g/mol. The van der Waals surface area contributed by atoms with Crippen LogP contribution in [0.25, 0.3) is 0 Å². The molecule has 0 unspecified atom stereocenters. The molecule has 0 aromatic carbocycles. The first-order chi connectivity index (χ1) is 10.2. The van der Waals surface area contributed by atoms with Crippen LogP contribution in [0.5, 0.6) is 0 Å². The van der Waals surface area contributed by atoms with Gasteiger partial charge in [0.05, 0.1) is 6.10 Å². The number of allylic oxidation sites excluding steroid dienone is 1. The van der Waals surface area contributed by atoms with Crippen LogP contribution in [0.4, 0.5) is 0 Å². The zero-order chi connectivity index (χ0) is 16.3. The molecule has 3 rings (SSSR count). The molecule has 22 heavy (non-hydrogen) atoms. The van der Waals surface area contributed by atoms with E-state index in [-0.39, 0.29) is 11.2 Å². The molecule has 3 heteroatoms. The standard InChI is InChI=1S/C19H26O3/c1-5-18(4)10-7-12-15(16(18)21)13(20)11-14-17(2,3)8-6-9-19(12,14)22/h5,11,16,21-22H,1,6-10H2,2-4H3/t16-,18-,19+/m0/s1. The molecule has 0 aromatic heterocycles. The fourth-order valence-electron chi connectivity index (χ4n) is 4.54. The lowest BCUT2D eigenvalue weighted by atomic mass is 9.56. The Bertz CT molecular complexity index is 610. The topological polar surface area (TPSA) is 57.5 Å². The van der Waals surface area contributed by atoms with Crippen LogP contribution in [0.3, 0.4) is 0 Å². The number of hydrogen-bond donors (Lipinski definition) is 2. The number of carbonyl (C=O) groups is 1. The van der Waals surface area contributed by atoms with E-state index in [1.807, 2.05) is 6.92 Å². The van der Waals surface area contributed by atoms with Crippen LogP contribution in [0.15, 0.2) is 35.5 Å². The zero-order valence-electron chi connectivity index (χ0n) is 13.8. The van der Waals surface area contributed by atoms with Crippen LogP contribution >= 0.6 is 0 Å². The third-order valence-electron chi connectivity index (χ3n) is 6.16. The Morgan fingerprint density at radius 3 is 2.59 bits per heavy atom. The number of rotatable bonds is 1. The highest BCUT2D eigenvalue weighted by Gasteiger charge is 2.53. The van der Waals surface area contributed by atoms with Crippen molar-refractivity contribution in [3.63, 3.8) is 0 Å². The molecular formula is C19H26O3. The molecule has 0 aliphatic heterocycles. The monoisotopic (exact) mass is 302 g/mol. The van der Waals surface area contributed by atoms with Crippen molar-refractivity contribution in [3.8, 4) is 0 Å². The number of hydrogen-bond acceptors (Lipinski definition) is 3. The van der Waals surface area contributed by atoms with Crippen LogP contribution < -0.4 is 0 Å². The Morgan fingerprint density at radius 2 is 1.95 bits per heavy atom. The van der Waals surface area contributed by atoms with Gasteiger partial charge in [0.2, 0.25) is 0 Å². The Labute approximate surface area is 132 Å². The van der Waals surface area contributed by atoms with Crippen molar-refractivity contribution < 1.29 is 15.0 Å². The van der Waals surface area contributed by atoms with Crippen molar-refractivity contribution in [3.05, 3.63) is 35.5 Å². The van der Waals surface area contributed by atoms with Gasteiger partial charge in [0.1, 0.15) is 5.60 Å². The summed E-state index contributed by atoms with van der Waals surface area (Å²) in [4.78, 5) is 12.7. The molecule has 0 bridgehead atoms. The first-order valence-electron chi connectivity index (χ1n) is 8.20. The van der Waals surface area contributed by atoms with Gasteiger partial charge in [0.25, 0.3) is 0 Å². The van der Waals surface area contributed by atoms with E-state index in [4.69, 9.17) is 0 Å². The molecule has 1 fully saturated rings.